The van der Waals surface area contributed by atoms with Gasteiger partial charge in [0.2, 0.25) is 5.88 Å². The van der Waals surface area contributed by atoms with Gasteiger partial charge >= 0.3 is 0 Å². The van der Waals surface area contributed by atoms with Gasteiger partial charge in [0.05, 0.1) is 0 Å². The van der Waals surface area contributed by atoms with Gasteiger partial charge in [-0.3, -0.25) is 4.79 Å². The summed E-state index contributed by atoms with van der Waals surface area (Å²) in [5.41, 5.74) is 3.05. The van der Waals surface area contributed by atoms with Crippen molar-refractivity contribution in [3.8, 4) is 5.88 Å². The number of carbonyl (C=O) groups is 1. The molecule has 2 rings (SSSR count). The van der Waals surface area contributed by atoms with E-state index in [0.29, 0.717) is 11.8 Å². The number of para-hydroxylation sites is 1. The van der Waals surface area contributed by atoms with Crippen LogP contribution in [-0.4, -0.2) is 17.5 Å². The van der Waals surface area contributed by atoms with Gasteiger partial charge in [-0.2, -0.15) is 0 Å². The molecule has 1 heterocycles. The minimum Gasteiger partial charge on any atom is -0.468 e. The highest BCUT2D eigenvalue weighted by Gasteiger charge is 2.12. The molecule has 0 bridgehead atoms. The minimum absolute atomic E-state index is 0.0527. The van der Waals surface area contributed by atoms with Gasteiger partial charge in [0.1, 0.15) is 0 Å². The Morgan fingerprint density at radius 2 is 2.05 bits per heavy atom. The summed E-state index contributed by atoms with van der Waals surface area (Å²) in [5.74, 6) is 0.607. The van der Waals surface area contributed by atoms with Crippen LogP contribution in [0.15, 0.2) is 42.6 Å². The normalized spacial score (nSPS) is 10.5. The molecule has 0 saturated heterocycles. The molecule has 0 aliphatic carbocycles. The van der Waals surface area contributed by atoms with Crippen molar-refractivity contribution in [2.45, 2.75) is 26.7 Å². The maximum absolute atomic E-state index is 12.0. The third kappa shape index (κ3) is 4.05. The van der Waals surface area contributed by atoms with Crippen LogP contribution in [0.4, 0.5) is 5.69 Å². The average molecular weight is 284 g/mol. The standard InChI is InChI=1S/C17H20N2O2/c1-12(2)14-8-6-7-13(3)17(14)19-15(20)11-21-16-9-4-5-10-18-16/h4-10,12H,11H2,1-3H3,(H,19,20). The van der Waals surface area contributed by atoms with Crippen LogP contribution in [-0.2, 0) is 4.79 Å². The van der Waals surface area contributed by atoms with E-state index in [-0.39, 0.29) is 12.5 Å². The SMILES string of the molecule is Cc1cccc(C(C)C)c1NC(=O)COc1ccccn1. The third-order valence-corrected chi connectivity index (χ3v) is 3.18. The van der Waals surface area contributed by atoms with Gasteiger partial charge in [-0.05, 0) is 30.0 Å². The second-order valence-corrected chi connectivity index (χ2v) is 5.20. The topological polar surface area (TPSA) is 51.2 Å². The highest BCUT2D eigenvalue weighted by atomic mass is 16.5. The number of rotatable bonds is 5. The Kier molecular flexibility index (Phi) is 4.93. The van der Waals surface area contributed by atoms with Gasteiger partial charge in [0, 0.05) is 18.0 Å². The fraction of sp³-hybridized carbons (Fsp3) is 0.294. The largest absolute Gasteiger partial charge is 0.468 e. The van der Waals surface area contributed by atoms with Crippen molar-refractivity contribution in [2.75, 3.05) is 11.9 Å². The Hall–Kier alpha value is -2.36. The summed E-state index contributed by atoms with van der Waals surface area (Å²) in [7, 11) is 0. The molecule has 0 spiro atoms. The minimum atomic E-state index is -0.183. The molecule has 0 atom stereocenters. The summed E-state index contributed by atoms with van der Waals surface area (Å²) in [6.45, 7) is 6.15. The molecule has 0 unspecified atom stereocenters. The molecule has 21 heavy (non-hydrogen) atoms. The van der Waals surface area contributed by atoms with Gasteiger partial charge in [0.25, 0.3) is 5.91 Å². The van der Waals surface area contributed by atoms with Gasteiger partial charge in [-0.25, -0.2) is 4.98 Å². The molecule has 4 nitrogen and oxygen atoms in total. The van der Waals surface area contributed by atoms with Crippen molar-refractivity contribution in [3.63, 3.8) is 0 Å². The number of ether oxygens (including phenoxy) is 1. The van der Waals surface area contributed by atoms with Crippen molar-refractivity contribution < 1.29 is 9.53 Å². The number of nitrogens with one attached hydrogen (secondary N) is 1. The lowest BCUT2D eigenvalue weighted by Crippen LogP contribution is -2.22. The second kappa shape index (κ2) is 6.88. The fourth-order valence-electron chi connectivity index (χ4n) is 2.09. The first-order valence-corrected chi connectivity index (χ1v) is 7.01. The molecule has 0 fully saturated rings. The molecule has 1 aromatic heterocycles. The quantitative estimate of drug-likeness (QED) is 0.913. The predicted octanol–water partition coefficient (Wildman–Crippen LogP) is 3.53. The maximum atomic E-state index is 12.0. The highest BCUT2D eigenvalue weighted by Crippen LogP contribution is 2.27. The lowest BCUT2D eigenvalue weighted by atomic mass is 9.98. The van der Waals surface area contributed by atoms with Crippen molar-refractivity contribution >= 4 is 11.6 Å². The number of anilines is 1. The van der Waals surface area contributed by atoms with E-state index in [1.165, 1.54) is 0 Å². The van der Waals surface area contributed by atoms with Crippen LogP contribution >= 0.6 is 0 Å². The van der Waals surface area contributed by atoms with Crippen molar-refractivity contribution in [1.82, 2.24) is 4.98 Å². The van der Waals surface area contributed by atoms with Gasteiger partial charge in [-0.1, -0.05) is 38.1 Å². The number of benzene rings is 1. The molecule has 0 aliphatic rings. The predicted molar refractivity (Wildman–Crippen MR) is 83.6 cm³/mol. The number of aryl methyl sites for hydroxylation is 1. The van der Waals surface area contributed by atoms with Crippen LogP contribution < -0.4 is 10.1 Å². The van der Waals surface area contributed by atoms with E-state index in [4.69, 9.17) is 4.74 Å². The lowest BCUT2D eigenvalue weighted by Gasteiger charge is -2.16. The van der Waals surface area contributed by atoms with Crippen LogP contribution in [0.3, 0.4) is 0 Å². The zero-order valence-electron chi connectivity index (χ0n) is 12.6. The number of hydrogen-bond acceptors (Lipinski definition) is 3. The first kappa shape index (κ1) is 15.0. The van der Waals surface area contributed by atoms with Crippen molar-refractivity contribution in [1.29, 1.82) is 0 Å². The Morgan fingerprint density at radius 3 is 2.71 bits per heavy atom. The van der Waals surface area contributed by atoms with Crippen molar-refractivity contribution in [2.24, 2.45) is 0 Å². The smallest absolute Gasteiger partial charge is 0.262 e. The van der Waals surface area contributed by atoms with Crippen LogP contribution in [0.25, 0.3) is 0 Å². The summed E-state index contributed by atoms with van der Waals surface area (Å²) in [6.07, 6.45) is 1.63. The van der Waals surface area contributed by atoms with Crippen LogP contribution in [0.5, 0.6) is 5.88 Å². The summed E-state index contributed by atoms with van der Waals surface area (Å²) < 4.78 is 5.36. The number of nitrogens with zero attached hydrogens (tertiary/aromatic N) is 1. The zero-order chi connectivity index (χ0) is 15.2. The summed E-state index contributed by atoms with van der Waals surface area (Å²) in [4.78, 5) is 16.1. The Balaban J connectivity index is 2.03. The second-order valence-electron chi connectivity index (χ2n) is 5.20. The van der Waals surface area contributed by atoms with Gasteiger partial charge in [-0.15, -0.1) is 0 Å². The molecule has 2 aromatic rings. The average Bonchev–Trinajstić information content (AvgIpc) is 2.48. The number of hydrogen-bond donors (Lipinski definition) is 1. The first-order chi connectivity index (χ1) is 10.1. The van der Waals surface area contributed by atoms with Crippen molar-refractivity contribution in [3.05, 3.63) is 53.7 Å². The summed E-state index contributed by atoms with van der Waals surface area (Å²) in [6, 6.07) is 11.4. The van der Waals surface area contributed by atoms with E-state index in [9.17, 15) is 4.79 Å². The molecule has 1 amide bonds. The maximum Gasteiger partial charge on any atom is 0.262 e. The molecule has 4 heteroatoms. The van der Waals surface area contributed by atoms with E-state index in [1.54, 1.807) is 18.3 Å². The summed E-state index contributed by atoms with van der Waals surface area (Å²) >= 11 is 0. The van der Waals surface area contributed by atoms with Gasteiger partial charge < -0.3 is 10.1 Å². The first-order valence-electron chi connectivity index (χ1n) is 7.01. The van der Waals surface area contributed by atoms with E-state index >= 15 is 0 Å². The Bertz CT molecular complexity index is 609. The van der Waals surface area contributed by atoms with Crippen LogP contribution in [0, 0.1) is 6.92 Å². The molecule has 1 aromatic carbocycles. The molecular formula is C17H20N2O2. The lowest BCUT2D eigenvalue weighted by molar-refractivity contribution is -0.118. The molecule has 0 saturated carbocycles. The molecule has 0 aliphatic heterocycles. The number of carbonyl (C=O) groups excluding carboxylic acids is 1. The zero-order valence-corrected chi connectivity index (χ0v) is 12.6. The Labute approximate surface area is 125 Å². The van der Waals surface area contributed by atoms with Crippen LogP contribution in [0.1, 0.15) is 30.9 Å². The fourth-order valence-corrected chi connectivity index (χ4v) is 2.09. The summed E-state index contributed by atoms with van der Waals surface area (Å²) in [5, 5.41) is 2.94. The molecular weight excluding hydrogens is 264 g/mol. The molecule has 0 radical (unpaired) electrons. The van der Waals surface area contributed by atoms with E-state index in [2.05, 4.69) is 24.1 Å². The Morgan fingerprint density at radius 1 is 1.24 bits per heavy atom. The third-order valence-electron chi connectivity index (χ3n) is 3.18. The number of pyridine rings is 1. The monoisotopic (exact) mass is 284 g/mol. The van der Waals surface area contributed by atoms with E-state index in [1.807, 2.05) is 31.2 Å². The van der Waals surface area contributed by atoms with E-state index < -0.39 is 0 Å². The highest BCUT2D eigenvalue weighted by molar-refractivity contribution is 5.93. The number of amides is 1. The van der Waals surface area contributed by atoms with Crippen LogP contribution in [0.2, 0.25) is 0 Å². The van der Waals surface area contributed by atoms with Gasteiger partial charge in [0.15, 0.2) is 6.61 Å². The molecule has 1 N–H and O–H groups in total. The molecule has 110 valence electrons. The van der Waals surface area contributed by atoms with E-state index in [0.717, 1.165) is 16.8 Å². The number of aromatic nitrogens is 1.